The van der Waals surface area contributed by atoms with Gasteiger partial charge in [-0.15, -0.1) is 12.4 Å². The van der Waals surface area contributed by atoms with Crippen LogP contribution >= 0.6 is 24.0 Å². The van der Waals surface area contributed by atoms with Gasteiger partial charge in [-0.2, -0.15) is 0 Å². The molecule has 0 unspecified atom stereocenters. The quantitative estimate of drug-likeness (QED) is 0.906. The summed E-state index contributed by atoms with van der Waals surface area (Å²) in [5, 5.41) is 3.57. The Morgan fingerprint density at radius 2 is 1.79 bits per heavy atom. The molecule has 0 aliphatic carbocycles. The molecule has 0 radical (unpaired) electrons. The summed E-state index contributed by atoms with van der Waals surface area (Å²) in [5.41, 5.74) is 1.31. The number of pyridine rings is 1. The second kappa shape index (κ2) is 8.33. The van der Waals surface area contributed by atoms with Crippen molar-refractivity contribution in [2.75, 3.05) is 43.4 Å². The number of nitrogens with one attached hydrogen (secondary N) is 1. The molecule has 1 aromatic carbocycles. The van der Waals surface area contributed by atoms with Crippen molar-refractivity contribution in [1.82, 2.24) is 9.88 Å². The van der Waals surface area contributed by atoms with Crippen molar-refractivity contribution in [3.63, 3.8) is 0 Å². The van der Waals surface area contributed by atoms with Gasteiger partial charge in [0.05, 0.1) is 5.69 Å². The largest absolute Gasteiger partial charge is 0.352 e. The molecule has 0 saturated carbocycles. The maximum atomic E-state index is 12.4. The van der Waals surface area contributed by atoms with Crippen molar-refractivity contribution in [3.05, 3.63) is 53.2 Å². The van der Waals surface area contributed by atoms with Gasteiger partial charge < -0.3 is 15.1 Å². The zero-order chi connectivity index (χ0) is 16.2. The third kappa shape index (κ3) is 4.38. The smallest absolute Gasteiger partial charge is 0.255 e. The summed E-state index contributed by atoms with van der Waals surface area (Å²) in [6.45, 7) is 3.77. The number of aromatic nitrogens is 1. The SMILES string of the molecule is CN1CCN(c2ncccc2NC(=O)c2ccc(Cl)cc2)CC1.Cl. The van der Waals surface area contributed by atoms with Gasteiger partial charge in [0, 0.05) is 43.0 Å². The zero-order valence-electron chi connectivity index (χ0n) is 13.4. The summed E-state index contributed by atoms with van der Waals surface area (Å²) in [4.78, 5) is 21.4. The summed E-state index contributed by atoms with van der Waals surface area (Å²) in [5.74, 6) is 0.660. The van der Waals surface area contributed by atoms with E-state index in [0.29, 0.717) is 10.6 Å². The number of carbonyl (C=O) groups is 1. The minimum atomic E-state index is -0.162. The highest BCUT2D eigenvalue weighted by Gasteiger charge is 2.19. The van der Waals surface area contributed by atoms with E-state index < -0.39 is 0 Å². The lowest BCUT2D eigenvalue weighted by atomic mass is 10.2. The number of benzene rings is 1. The van der Waals surface area contributed by atoms with Crippen molar-refractivity contribution in [2.45, 2.75) is 0 Å². The van der Waals surface area contributed by atoms with Crippen molar-refractivity contribution < 1.29 is 4.79 Å². The fraction of sp³-hybridized carbons (Fsp3) is 0.294. The number of nitrogens with zero attached hydrogens (tertiary/aromatic N) is 3. The molecule has 1 aromatic heterocycles. The van der Waals surface area contributed by atoms with E-state index in [1.54, 1.807) is 30.5 Å². The van der Waals surface area contributed by atoms with Crippen molar-refractivity contribution in [3.8, 4) is 0 Å². The first-order valence-corrected chi connectivity index (χ1v) is 7.97. The molecule has 24 heavy (non-hydrogen) atoms. The highest BCUT2D eigenvalue weighted by atomic mass is 35.5. The van der Waals surface area contributed by atoms with Gasteiger partial charge in [-0.3, -0.25) is 4.79 Å². The van der Waals surface area contributed by atoms with Crippen molar-refractivity contribution in [1.29, 1.82) is 0 Å². The second-order valence-corrected chi connectivity index (χ2v) is 6.06. The molecule has 2 aromatic rings. The Bertz CT molecular complexity index is 685. The molecule has 0 spiro atoms. The average molecular weight is 367 g/mol. The van der Waals surface area contributed by atoms with Crippen LogP contribution in [0, 0.1) is 0 Å². The maximum Gasteiger partial charge on any atom is 0.255 e. The zero-order valence-corrected chi connectivity index (χ0v) is 15.0. The molecule has 1 aliphatic heterocycles. The normalized spacial score (nSPS) is 14.8. The van der Waals surface area contributed by atoms with E-state index in [0.717, 1.165) is 37.7 Å². The molecule has 3 rings (SSSR count). The fourth-order valence-electron chi connectivity index (χ4n) is 2.56. The number of piperazine rings is 1. The molecule has 5 nitrogen and oxygen atoms in total. The maximum absolute atomic E-state index is 12.4. The number of hydrogen-bond donors (Lipinski definition) is 1. The highest BCUT2D eigenvalue weighted by molar-refractivity contribution is 6.30. The molecule has 1 saturated heterocycles. The average Bonchev–Trinajstić information content (AvgIpc) is 2.57. The van der Waals surface area contributed by atoms with Gasteiger partial charge in [0.2, 0.25) is 0 Å². The number of amides is 1. The van der Waals surface area contributed by atoms with Crippen LogP contribution in [0.25, 0.3) is 0 Å². The lowest BCUT2D eigenvalue weighted by Gasteiger charge is -2.34. The minimum absolute atomic E-state index is 0. The summed E-state index contributed by atoms with van der Waals surface area (Å²) >= 11 is 5.86. The number of likely N-dealkylation sites (N-methyl/N-ethyl adjacent to an activating group) is 1. The van der Waals surface area contributed by atoms with Crippen LogP contribution in [-0.4, -0.2) is 49.0 Å². The summed E-state index contributed by atoms with van der Waals surface area (Å²) in [6.07, 6.45) is 1.76. The first-order valence-electron chi connectivity index (χ1n) is 7.59. The predicted molar refractivity (Wildman–Crippen MR) is 101 cm³/mol. The van der Waals surface area contributed by atoms with Crippen LogP contribution in [0.4, 0.5) is 11.5 Å². The molecule has 0 bridgehead atoms. The fourth-order valence-corrected chi connectivity index (χ4v) is 2.69. The Balaban J connectivity index is 0.00000208. The summed E-state index contributed by atoms with van der Waals surface area (Å²) in [6, 6.07) is 10.6. The Hall–Kier alpha value is -1.82. The van der Waals surface area contributed by atoms with Crippen LogP contribution < -0.4 is 10.2 Å². The topological polar surface area (TPSA) is 48.5 Å². The Morgan fingerprint density at radius 3 is 2.46 bits per heavy atom. The van der Waals surface area contributed by atoms with Gasteiger partial charge in [-0.1, -0.05) is 11.6 Å². The molecular formula is C17H20Cl2N4O. The molecule has 1 fully saturated rings. The van der Waals surface area contributed by atoms with Crippen LogP contribution in [-0.2, 0) is 0 Å². The Labute approximate surface area is 153 Å². The van der Waals surface area contributed by atoms with E-state index >= 15 is 0 Å². The highest BCUT2D eigenvalue weighted by Crippen LogP contribution is 2.24. The van der Waals surface area contributed by atoms with Crippen molar-refractivity contribution >= 4 is 41.4 Å². The van der Waals surface area contributed by atoms with Crippen LogP contribution in [0.5, 0.6) is 0 Å². The van der Waals surface area contributed by atoms with E-state index in [2.05, 4.69) is 27.1 Å². The number of rotatable bonds is 3. The van der Waals surface area contributed by atoms with Crippen LogP contribution in [0.15, 0.2) is 42.6 Å². The van der Waals surface area contributed by atoms with Gasteiger partial charge >= 0.3 is 0 Å². The van der Waals surface area contributed by atoms with Gasteiger partial charge in [0.15, 0.2) is 5.82 Å². The van der Waals surface area contributed by atoms with Crippen LogP contribution in [0.1, 0.15) is 10.4 Å². The van der Waals surface area contributed by atoms with Crippen LogP contribution in [0.3, 0.4) is 0 Å². The molecule has 1 amide bonds. The molecular weight excluding hydrogens is 347 g/mol. The first-order chi connectivity index (χ1) is 11.1. The van der Waals surface area contributed by atoms with Gasteiger partial charge in [0.1, 0.15) is 0 Å². The number of halogens is 2. The summed E-state index contributed by atoms with van der Waals surface area (Å²) in [7, 11) is 2.11. The van der Waals surface area contributed by atoms with E-state index in [-0.39, 0.29) is 18.3 Å². The molecule has 7 heteroatoms. The van der Waals surface area contributed by atoms with Gasteiger partial charge in [0.25, 0.3) is 5.91 Å². The molecule has 2 heterocycles. The number of carbonyl (C=O) groups excluding carboxylic acids is 1. The standard InChI is InChI=1S/C17H19ClN4O.ClH/c1-21-9-11-22(12-10-21)16-15(3-2-8-19-16)20-17(23)13-4-6-14(18)7-5-13;/h2-8H,9-12H2,1H3,(H,20,23);1H. The number of hydrogen-bond acceptors (Lipinski definition) is 4. The molecule has 1 N–H and O–H groups in total. The third-order valence-corrected chi connectivity index (χ3v) is 4.20. The van der Waals surface area contributed by atoms with E-state index in [4.69, 9.17) is 11.6 Å². The Kier molecular flexibility index (Phi) is 6.43. The van der Waals surface area contributed by atoms with E-state index in [1.807, 2.05) is 12.1 Å². The monoisotopic (exact) mass is 366 g/mol. The van der Waals surface area contributed by atoms with Gasteiger partial charge in [-0.05, 0) is 43.4 Å². The minimum Gasteiger partial charge on any atom is -0.352 e. The van der Waals surface area contributed by atoms with E-state index in [1.165, 1.54) is 0 Å². The van der Waals surface area contributed by atoms with Gasteiger partial charge in [-0.25, -0.2) is 4.98 Å². The predicted octanol–water partition coefficient (Wildman–Crippen LogP) is 3.16. The third-order valence-electron chi connectivity index (χ3n) is 3.94. The second-order valence-electron chi connectivity index (χ2n) is 5.63. The molecule has 1 aliphatic rings. The lowest BCUT2D eigenvalue weighted by molar-refractivity contribution is 0.102. The number of anilines is 2. The van der Waals surface area contributed by atoms with E-state index in [9.17, 15) is 4.79 Å². The molecule has 128 valence electrons. The van der Waals surface area contributed by atoms with Crippen molar-refractivity contribution in [2.24, 2.45) is 0 Å². The summed E-state index contributed by atoms with van der Waals surface area (Å²) < 4.78 is 0. The lowest BCUT2D eigenvalue weighted by Crippen LogP contribution is -2.45. The first kappa shape index (κ1) is 18.5. The Morgan fingerprint density at radius 1 is 1.12 bits per heavy atom. The van der Waals surface area contributed by atoms with Crippen LogP contribution in [0.2, 0.25) is 5.02 Å². The molecule has 0 atom stereocenters.